The number of aromatic nitrogens is 3. The van der Waals surface area contributed by atoms with Crippen molar-refractivity contribution in [3.63, 3.8) is 0 Å². The van der Waals surface area contributed by atoms with Crippen LogP contribution in [0.3, 0.4) is 0 Å². The van der Waals surface area contributed by atoms with Crippen molar-refractivity contribution < 1.29 is 38.4 Å². The Hall–Kier alpha value is -0.417. The molecular weight excluding hydrogens is 238 g/mol. The normalized spacial score (nSPS) is 10.2. The molecule has 0 aliphatic rings. The van der Waals surface area contributed by atoms with E-state index in [1.54, 1.807) is 0 Å². The summed E-state index contributed by atoms with van der Waals surface area (Å²) in [6.07, 6.45) is 2.02. The van der Waals surface area contributed by atoms with Crippen LogP contribution in [0.25, 0.3) is 0 Å². The molecule has 0 spiro atoms. The number of nitrogens with zero attached hydrogens (tertiary/aromatic N) is 3. The first kappa shape index (κ1) is 11.6. The second-order valence-electron chi connectivity index (χ2n) is 1.46. The molecule has 1 heterocycles. The molecule has 0 N–H and O–H groups in total. The van der Waals surface area contributed by atoms with E-state index in [2.05, 4.69) is 19.5 Å². The third-order valence-electron chi connectivity index (χ3n) is 0.663. The van der Waals surface area contributed by atoms with Crippen LogP contribution in [-0.4, -0.2) is 15.0 Å². The van der Waals surface area contributed by atoms with Gasteiger partial charge in [-0.15, -0.1) is 0 Å². The van der Waals surface area contributed by atoms with E-state index in [9.17, 15) is 14.4 Å². The maximum atomic E-state index is 9.95. The van der Waals surface area contributed by atoms with Gasteiger partial charge in [0.25, 0.3) is 0 Å². The van der Waals surface area contributed by atoms with E-state index < -0.39 is 13.8 Å². The molecule has 0 bridgehead atoms. The first-order valence-electron chi connectivity index (χ1n) is 2.41. The van der Waals surface area contributed by atoms with Gasteiger partial charge in [0, 0.05) is 0 Å². The minimum absolute atomic E-state index is 0. The molecular formula is C3H2N3O4PZn. The van der Waals surface area contributed by atoms with E-state index in [-0.39, 0.29) is 19.5 Å². The first-order valence-corrected chi connectivity index (χ1v) is 3.88. The van der Waals surface area contributed by atoms with E-state index >= 15 is 0 Å². The maximum Gasteiger partial charge on any atom is 2.00 e. The van der Waals surface area contributed by atoms with Gasteiger partial charge in [0.2, 0.25) is 0 Å². The van der Waals surface area contributed by atoms with Gasteiger partial charge in [-0.05, 0) is 0 Å². The number of hydrogen-bond donors (Lipinski definition) is 0. The topological polar surface area (TPSA) is 111 Å². The third kappa shape index (κ3) is 4.46. The molecule has 0 fully saturated rings. The molecule has 1 aromatic rings. The Bertz CT molecular complexity index is 276. The van der Waals surface area contributed by atoms with E-state index in [1.807, 2.05) is 0 Å². The molecule has 0 aliphatic heterocycles. The minimum atomic E-state index is -5.04. The zero-order chi connectivity index (χ0) is 8.32. The van der Waals surface area contributed by atoms with Crippen LogP contribution in [-0.2, 0) is 24.0 Å². The van der Waals surface area contributed by atoms with Crippen molar-refractivity contribution in [1.29, 1.82) is 0 Å². The second kappa shape index (κ2) is 4.57. The Labute approximate surface area is 80.2 Å². The summed E-state index contributed by atoms with van der Waals surface area (Å²) >= 11 is 0. The van der Waals surface area contributed by atoms with E-state index in [1.165, 1.54) is 0 Å². The summed E-state index contributed by atoms with van der Waals surface area (Å²) < 4.78 is 13.7. The largest absolute Gasteiger partial charge is 2.00 e. The number of phosphoric ester groups is 1. The molecule has 0 amide bonds. The van der Waals surface area contributed by atoms with Crippen LogP contribution in [0, 0.1) is 0 Å². The molecule has 0 aliphatic carbocycles. The zero-order valence-electron chi connectivity index (χ0n) is 5.78. The average Bonchev–Trinajstić information content (AvgIpc) is 1.85. The van der Waals surface area contributed by atoms with E-state index in [0.29, 0.717) is 0 Å². The summed E-state index contributed by atoms with van der Waals surface area (Å²) in [4.78, 5) is 29.8. The minimum Gasteiger partial charge on any atom is -0.780 e. The van der Waals surface area contributed by atoms with Gasteiger partial charge in [-0.3, -0.25) is 0 Å². The van der Waals surface area contributed by atoms with Crippen molar-refractivity contribution in [2.24, 2.45) is 0 Å². The maximum absolute atomic E-state index is 9.95. The molecule has 0 atom stereocenters. The molecule has 1 aromatic heterocycles. The quantitative estimate of drug-likeness (QED) is 0.437. The van der Waals surface area contributed by atoms with Gasteiger partial charge >= 0.3 is 25.5 Å². The van der Waals surface area contributed by atoms with Gasteiger partial charge in [-0.1, -0.05) is 0 Å². The number of rotatable bonds is 2. The standard InChI is InChI=1S/C3H4N3O4P.Zn/c7-11(8,9)10-3-5-1-4-2-6-3;/h1-2H,(H2,7,8,9);/q;+2/p-2. The van der Waals surface area contributed by atoms with Crippen LogP contribution in [0.1, 0.15) is 0 Å². The number of hydrogen-bond acceptors (Lipinski definition) is 7. The molecule has 0 saturated heterocycles. The average molecular weight is 240 g/mol. The van der Waals surface area contributed by atoms with Crippen LogP contribution < -0.4 is 14.3 Å². The van der Waals surface area contributed by atoms with E-state index in [4.69, 9.17) is 0 Å². The van der Waals surface area contributed by atoms with Gasteiger partial charge in [0.1, 0.15) is 20.5 Å². The molecule has 0 radical (unpaired) electrons. The summed E-state index contributed by atoms with van der Waals surface area (Å²) in [5.41, 5.74) is 0. The SMILES string of the molecule is O=P([O-])([O-])Oc1ncncn1.[Zn+2]. The Morgan fingerprint density at radius 2 is 1.83 bits per heavy atom. The van der Waals surface area contributed by atoms with Crippen molar-refractivity contribution in [2.75, 3.05) is 0 Å². The zero-order valence-corrected chi connectivity index (χ0v) is 9.65. The van der Waals surface area contributed by atoms with Gasteiger partial charge < -0.3 is 18.9 Å². The Morgan fingerprint density at radius 3 is 2.25 bits per heavy atom. The fourth-order valence-electron chi connectivity index (χ4n) is 0.376. The number of phosphoric acid groups is 1. The Kier molecular flexibility index (Phi) is 4.41. The second-order valence-corrected chi connectivity index (χ2v) is 2.54. The van der Waals surface area contributed by atoms with Crippen molar-refractivity contribution in [1.82, 2.24) is 15.0 Å². The van der Waals surface area contributed by atoms with Gasteiger partial charge in [-0.2, -0.15) is 9.97 Å². The van der Waals surface area contributed by atoms with Gasteiger partial charge in [0.05, 0.1) is 0 Å². The molecule has 9 heteroatoms. The summed E-state index contributed by atoms with van der Waals surface area (Å²) in [5.74, 6) is 0. The molecule has 0 aromatic carbocycles. The van der Waals surface area contributed by atoms with Crippen molar-refractivity contribution in [2.45, 2.75) is 0 Å². The first-order chi connectivity index (χ1) is 5.08. The Morgan fingerprint density at radius 1 is 1.33 bits per heavy atom. The molecule has 1 rings (SSSR count). The monoisotopic (exact) mass is 239 g/mol. The Balaban J connectivity index is 0.00000121. The van der Waals surface area contributed by atoms with Crippen molar-refractivity contribution in [3.8, 4) is 6.01 Å². The van der Waals surface area contributed by atoms with Crippen molar-refractivity contribution in [3.05, 3.63) is 12.7 Å². The molecule has 60 valence electrons. The fourth-order valence-corrected chi connectivity index (χ4v) is 0.670. The third-order valence-corrected chi connectivity index (χ3v) is 1.05. The van der Waals surface area contributed by atoms with Crippen LogP contribution in [0.15, 0.2) is 12.7 Å². The predicted octanol–water partition coefficient (Wildman–Crippen LogP) is -1.92. The fraction of sp³-hybridized carbons (Fsp3) is 0. The molecule has 0 saturated carbocycles. The molecule has 7 nitrogen and oxygen atoms in total. The molecule has 12 heavy (non-hydrogen) atoms. The van der Waals surface area contributed by atoms with Crippen LogP contribution in [0.2, 0.25) is 0 Å². The molecule has 0 unspecified atom stereocenters. The van der Waals surface area contributed by atoms with Crippen LogP contribution >= 0.6 is 7.82 Å². The summed E-state index contributed by atoms with van der Waals surface area (Å²) in [7, 11) is -5.04. The van der Waals surface area contributed by atoms with Gasteiger partial charge in [0.15, 0.2) is 0 Å². The van der Waals surface area contributed by atoms with Crippen LogP contribution in [0.5, 0.6) is 6.01 Å². The van der Waals surface area contributed by atoms with Gasteiger partial charge in [-0.25, -0.2) is 4.98 Å². The smallest absolute Gasteiger partial charge is 0.780 e. The van der Waals surface area contributed by atoms with Crippen molar-refractivity contribution >= 4 is 7.82 Å². The predicted molar refractivity (Wildman–Crippen MR) is 28.1 cm³/mol. The summed E-state index contributed by atoms with van der Waals surface area (Å²) in [5, 5.41) is 0. The summed E-state index contributed by atoms with van der Waals surface area (Å²) in [6.45, 7) is 0. The van der Waals surface area contributed by atoms with Crippen LogP contribution in [0.4, 0.5) is 0 Å². The van der Waals surface area contributed by atoms with E-state index in [0.717, 1.165) is 12.7 Å². The summed E-state index contributed by atoms with van der Waals surface area (Å²) in [6, 6.07) is -0.520.